The van der Waals surface area contributed by atoms with E-state index < -0.39 is 46.5 Å². The lowest BCUT2D eigenvalue weighted by atomic mass is 10.1. The van der Waals surface area contributed by atoms with E-state index in [1.807, 2.05) is 0 Å². The van der Waals surface area contributed by atoms with Crippen LogP contribution in [0.4, 0.5) is 26.3 Å². The average molecular weight is 338 g/mol. The highest BCUT2D eigenvalue weighted by Crippen LogP contribution is 2.41. The summed E-state index contributed by atoms with van der Waals surface area (Å²) >= 11 is 0. The lowest BCUT2D eigenvalue weighted by molar-refractivity contribution is -0.139. The van der Waals surface area contributed by atoms with Gasteiger partial charge in [-0.25, -0.2) is 0 Å². The zero-order valence-electron chi connectivity index (χ0n) is 11.0. The number of rotatable bonds is 2. The Hall–Kier alpha value is -2.58. The number of hydrogen-bond acceptors (Lipinski definition) is 3. The molecule has 0 radical (unpaired) electrons. The molecule has 0 saturated carbocycles. The summed E-state index contributed by atoms with van der Waals surface area (Å²) in [6.07, 6.45) is -9.70. The van der Waals surface area contributed by atoms with Crippen molar-refractivity contribution in [3.8, 4) is 23.0 Å². The minimum atomic E-state index is -4.85. The Bertz CT molecular complexity index is 660. The van der Waals surface area contributed by atoms with Crippen LogP contribution < -0.4 is 4.74 Å². The summed E-state index contributed by atoms with van der Waals surface area (Å²) < 4.78 is 80.8. The zero-order chi connectivity index (χ0) is 17.4. The molecule has 2 aromatic rings. The van der Waals surface area contributed by atoms with Crippen LogP contribution in [-0.4, -0.2) is 10.2 Å². The predicted octanol–water partition coefficient (Wildman–Crippen LogP) is 4.93. The topological polar surface area (TPSA) is 49.7 Å². The molecule has 0 spiro atoms. The average Bonchev–Trinajstić information content (AvgIpc) is 2.40. The molecule has 2 rings (SSSR count). The summed E-state index contributed by atoms with van der Waals surface area (Å²) in [5, 5.41) is 18.3. The number of phenolic OH excluding ortho intramolecular Hbond substituents is 2. The van der Waals surface area contributed by atoms with E-state index >= 15 is 0 Å². The van der Waals surface area contributed by atoms with Crippen LogP contribution >= 0.6 is 0 Å². The van der Waals surface area contributed by atoms with Crippen LogP contribution in [0, 0.1) is 0 Å². The van der Waals surface area contributed by atoms with E-state index in [1.54, 1.807) is 0 Å². The lowest BCUT2D eigenvalue weighted by Gasteiger charge is -2.13. The first kappa shape index (κ1) is 16.8. The van der Waals surface area contributed by atoms with Crippen molar-refractivity contribution in [2.75, 3.05) is 0 Å². The van der Waals surface area contributed by atoms with Gasteiger partial charge in [-0.05, 0) is 36.4 Å². The first-order valence-corrected chi connectivity index (χ1v) is 5.97. The smallest absolute Gasteiger partial charge is 0.420 e. The Morgan fingerprint density at radius 1 is 0.652 bits per heavy atom. The van der Waals surface area contributed by atoms with Gasteiger partial charge in [0.05, 0.1) is 0 Å². The van der Waals surface area contributed by atoms with Gasteiger partial charge in [-0.1, -0.05) is 0 Å². The lowest BCUT2D eigenvalue weighted by Crippen LogP contribution is -2.06. The Balaban J connectivity index is 2.37. The zero-order valence-corrected chi connectivity index (χ0v) is 11.0. The molecule has 0 aromatic heterocycles. The fraction of sp³-hybridized carbons (Fsp3) is 0.143. The van der Waals surface area contributed by atoms with Crippen molar-refractivity contribution < 1.29 is 41.3 Å². The molecule has 0 bridgehead atoms. The number of hydrogen-bond donors (Lipinski definition) is 2. The van der Waals surface area contributed by atoms with Crippen LogP contribution in [0.5, 0.6) is 23.0 Å². The highest BCUT2D eigenvalue weighted by molar-refractivity contribution is 5.45. The first-order valence-electron chi connectivity index (χ1n) is 5.97. The standard InChI is InChI=1S/C14H8F6O3/c15-13(16,17)9-5-7(1-3-11(9)21)23-8-2-4-12(22)10(6-8)14(18,19)20/h1-6,21-22H. The molecule has 2 aromatic carbocycles. The van der Waals surface area contributed by atoms with Gasteiger partial charge in [-0.3, -0.25) is 0 Å². The fourth-order valence-corrected chi connectivity index (χ4v) is 1.75. The molecule has 0 fully saturated rings. The molecular weight excluding hydrogens is 330 g/mol. The maximum Gasteiger partial charge on any atom is 0.420 e. The molecule has 0 aliphatic carbocycles. The van der Waals surface area contributed by atoms with Crippen LogP contribution in [0.15, 0.2) is 36.4 Å². The van der Waals surface area contributed by atoms with Crippen LogP contribution in [0.25, 0.3) is 0 Å². The molecule has 0 aliphatic rings. The van der Waals surface area contributed by atoms with Crippen LogP contribution in [0.2, 0.25) is 0 Å². The van der Waals surface area contributed by atoms with E-state index in [0.717, 1.165) is 12.1 Å². The molecule has 124 valence electrons. The van der Waals surface area contributed by atoms with Crippen LogP contribution in [0.3, 0.4) is 0 Å². The van der Waals surface area contributed by atoms with Gasteiger partial charge in [-0.15, -0.1) is 0 Å². The first-order chi connectivity index (χ1) is 10.5. The molecule has 0 amide bonds. The molecule has 0 heterocycles. The quantitative estimate of drug-likeness (QED) is 0.764. The van der Waals surface area contributed by atoms with Gasteiger partial charge in [0.1, 0.15) is 34.1 Å². The van der Waals surface area contributed by atoms with Crippen molar-refractivity contribution in [3.05, 3.63) is 47.5 Å². The number of benzene rings is 2. The third-order valence-corrected chi connectivity index (χ3v) is 2.78. The van der Waals surface area contributed by atoms with Crippen molar-refractivity contribution in [3.63, 3.8) is 0 Å². The normalized spacial score (nSPS) is 12.3. The fourth-order valence-electron chi connectivity index (χ4n) is 1.75. The third-order valence-electron chi connectivity index (χ3n) is 2.78. The van der Waals surface area contributed by atoms with E-state index in [-0.39, 0.29) is 0 Å². The molecule has 23 heavy (non-hydrogen) atoms. The Morgan fingerprint density at radius 3 is 1.30 bits per heavy atom. The summed E-state index contributed by atoms with van der Waals surface area (Å²) in [5.41, 5.74) is -2.77. The second kappa shape index (κ2) is 5.56. The molecule has 0 saturated heterocycles. The third kappa shape index (κ3) is 3.79. The summed E-state index contributed by atoms with van der Waals surface area (Å²) in [6.45, 7) is 0. The van der Waals surface area contributed by atoms with Gasteiger partial charge in [0.2, 0.25) is 0 Å². The maximum atomic E-state index is 12.6. The maximum absolute atomic E-state index is 12.6. The van der Waals surface area contributed by atoms with E-state index in [4.69, 9.17) is 14.9 Å². The monoisotopic (exact) mass is 338 g/mol. The summed E-state index contributed by atoms with van der Waals surface area (Å²) in [6, 6.07) is 4.26. The molecule has 0 atom stereocenters. The van der Waals surface area contributed by atoms with Crippen molar-refractivity contribution in [1.82, 2.24) is 0 Å². The van der Waals surface area contributed by atoms with Gasteiger partial charge >= 0.3 is 12.4 Å². The molecule has 2 N–H and O–H groups in total. The summed E-state index contributed by atoms with van der Waals surface area (Å²) in [4.78, 5) is 0. The number of alkyl halides is 6. The Kier molecular flexibility index (Phi) is 4.06. The van der Waals surface area contributed by atoms with E-state index in [9.17, 15) is 26.3 Å². The summed E-state index contributed by atoms with van der Waals surface area (Å²) in [7, 11) is 0. The highest BCUT2D eigenvalue weighted by atomic mass is 19.4. The number of aromatic hydroxyl groups is 2. The van der Waals surface area contributed by atoms with Crippen LogP contribution in [-0.2, 0) is 12.4 Å². The second-order valence-corrected chi connectivity index (χ2v) is 4.46. The van der Waals surface area contributed by atoms with E-state index in [2.05, 4.69) is 0 Å². The van der Waals surface area contributed by atoms with Crippen molar-refractivity contribution in [2.45, 2.75) is 12.4 Å². The highest BCUT2D eigenvalue weighted by Gasteiger charge is 2.35. The number of ether oxygens (including phenoxy) is 1. The molecule has 0 aliphatic heterocycles. The molecular formula is C14H8F6O3. The summed E-state index contributed by atoms with van der Waals surface area (Å²) in [5.74, 6) is -2.92. The number of phenols is 2. The molecule has 0 unspecified atom stereocenters. The minimum absolute atomic E-state index is 0.422. The van der Waals surface area contributed by atoms with Crippen molar-refractivity contribution in [1.29, 1.82) is 0 Å². The predicted molar refractivity (Wildman–Crippen MR) is 66.3 cm³/mol. The van der Waals surface area contributed by atoms with Gasteiger partial charge in [0.15, 0.2) is 0 Å². The molecule has 3 nitrogen and oxygen atoms in total. The van der Waals surface area contributed by atoms with Crippen LogP contribution in [0.1, 0.15) is 11.1 Å². The second-order valence-electron chi connectivity index (χ2n) is 4.46. The van der Waals surface area contributed by atoms with Gasteiger partial charge in [-0.2, -0.15) is 26.3 Å². The Morgan fingerprint density at radius 2 is 1.00 bits per heavy atom. The van der Waals surface area contributed by atoms with E-state index in [1.165, 1.54) is 0 Å². The molecule has 9 heteroatoms. The minimum Gasteiger partial charge on any atom is -0.507 e. The number of halogens is 6. The SMILES string of the molecule is Oc1ccc(Oc2ccc(O)c(C(F)(F)F)c2)cc1C(F)(F)F. The van der Waals surface area contributed by atoms with Gasteiger partial charge in [0.25, 0.3) is 0 Å². The van der Waals surface area contributed by atoms with Gasteiger partial charge in [0, 0.05) is 0 Å². The Labute approximate surface area is 125 Å². The van der Waals surface area contributed by atoms with Crippen molar-refractivity contribution >= 4 is 0 Å². The van der Waals surface area contributed by atoms with Crippen molar-refractivity contribution in [2.24, 2.45) is 0 Å². The largest absolute Gasteiger partial charge is 0.507 e. The van der Waals surface area contributed by atoms with E-state index in [0.29, 0.717) is 24.3 Å². The van der Waals surface area contributed by atoms with Gasteiger partial charge < -0.3 is 14.9 Å².